The van der Waals surface area contributed by atoms with Crippen LogP contribution in [0.3, 0.4) is 0 Å². The number of esters is 5. The van der Waals surface area contributed by atoms with Gasteiger partial charge in [0.25, 0.3) is 0 Å². The molecular formula is C88H135BCl2F3LiN6O26S10. The summed E-state index contributed by atoms with van der Waals surface area (Å²) in [5.74, 6) is 7.83. The minimum atomic E-state index is -3.67. The molecule has 10 heterocycles. The molecule has 32 nitrogen and oxygen atoms in total. The molecule has 8 atom stereocenters. The Morgan fingerprint density at radius 2 is 0.701 bits per heavy atom. The van der Waals surface area contributed by atoms with E-state index >= 15 is 0 Å². The summed E-state index contributed by atoms with van der Waals surface area (Å²) in [5, 5.41) is 31.8. The van der Waals surface area contributed by atoms with E-state index < -0.39 is 110 Å². The number of rotatable bonds is 16. The molecular weight excluding hydrogens is 2020 g/mol. The van der Waals surface area contributed by atoms with Crippen LogP contribution in [-0.4, -0.2) is 341 Å². The van der Waals surface area contributed by atoms with Crippen LogP contribution in [0.5, 0.6) is 0 Å². The Morgan fingerprint density at radius 3 is 0.964 bits per heavy atom. The number of aliphatic hydroxyl groups excluding tert-OH is 2. The Morgan fingerprint density at radius 1 is 0.431 bits per heavy atom. The smallest absolute Gasteiger partial charge is 0.870 e. The van der Waals surface area contributed by atoms with Crippen LogP contribution >= 0.6 is 144 Å². The van der Waals surface area contributed by atoms with E-state index in [0.29, 0.717) is 38.9 Å². The molecule has 10 saturated heterocycles. The Kier molecular flexibility index (Phi) is 63.6. The number of hydrogen-bond donors (Lipinski definition) is 6. The first-order valence-electron chi connectivity index (χ1n) is 43.6. The van der Waals surface area contributed by atoms with Gasteiger partial charge in [-0.1, -0.05) is 91.0 Å². The average molecular weight is 2160 g/mol. The Balaban J connectivity index is 0.000000797. The summed E-state index contributed by atoms with van der Waals surface area (Å²) >= 11 is 22.9. The fraction of sp³-hybridized carbons (Fsp3) is 0.670. The molecule has 137 heavy (non-hydrogen) atoms. The van der Waals surface area contributed by atoms with Crippen LogP contribution in [0.25, 0.3) is 0 Å². The Labute approximate surface area is 873 Å². The number of amides is 5. The van der Waals surface area contributed by atoms with Gasteiger partial charge in [-0.2, -0.15) is 25.3 Å². The number of aliphatic hydroxyl groups is 2. The summed E-state index contributed by atoms with van der Waals surface area (Å²) in [6.07, 6.45) is 4.79. The second kappa shape index (κ2) is 67.0. The predicted octanol–water partition coefficient (Wildman–Crippen LogP) is 12.3. The van der Waals surface area contributed by atoms with E-state index in [2.05, 4.69) is 40.0 Å². The maximum Gasteiger partial charge on any atom is 1.00 e. The van der Waals surface area contributed by atoms with Crippen molar-refractivity contribution >= 4 is 218 Å². The third-order valence-corrected chi connectivity index (χ3v) is 34.6. The zero-order chi connectivity index (χ0) is 98.5. The van der Waals surface area contributed by atoms with Crippen molar-refractivity contribution in [2.75, 3.05) is 146 Å². The van der Waals surface area contributed by atoms with E-state index in [4.69, 9.17) is 42.6 Å². The number of carbonyl (C=O) groups excluding carboxylic acids is 10. The minimum Gasteiger partial charge on any atom is -0.870 e. The molecule has 10 fully saturated rings. The van der Waals surface area contributed by atoms with E-state index in [9.17, 15) is 81.0 Å². The number of β-amino-alcohol motifs (C(OH)–C–C–N with tert-alkyl or cyclic N) is 2. The Hall–Kier alpha value is -4.84. The second-order valence-electron chi connectivity index (χ2n) is 33.0. The van der Waals surface area contributed by atoms with Gasteiger partial charge in [-0.25, -0.2) is 47.9 Å². The molecule has 0 aliphatic carbocycles. The molecule has 0 radical (unpaired) electrons. The first kappa shape index (κ1) is 130. The zero-order valence-corrected chi connectivity index (χ0v) is 90.1. The van der Waals surface area contributed by atoms with Gasteiger partial charge >= 0.3 is 92.7 Å². The van der Waals surface area contributed by atoms with E-state index in [-0.39, 0.29) is 135 Å². The van der Waals surface area contributed by atoms with E-state index in [1.807, 2.05) is 196 Å². The van der Waals surface area contributed by atoms with Crippen LogP contribution in [0.2, 0.25) is 0 Å². The summed E-state index contributed by atoms with van der Waals surface area (Å²) in [4.78, 5) is 138. The number of carboxylic acids is 1. The van der Waals surface area contributed by atoms with Crippen molar-refractivity contribution in [3.63, 3.8) is 0 Å². The van der Waals surface area contributed by atoms with Crippen molar-refractivity contribution in [3.05, 3.63) is 108 Å². The van der Waals surface area contributed by atoms with Crippen molar-refractivity contribution in [3.8, 4) is 0 Å². The maximum absolute atomic E-state index is 12.6. The standard InChI is InChI=1S/C17H21NO4S2.2C14H17NO5.C14H23NO4S2.C13H21NO4S2.C9H15NO2S2.C4H10O.C3H8S2.BF3.2ClH.Li.H2O/c1-21-15(19)14-10-17(23-8-5-9-24-17)12-18(14)16(20)22-11-13-6-3-2-4-7-13;2*1-19-13(17)12-7-11(16)8-15(12)14(18)20-9-10-5-3-2-4-6-10;1-13(2,3)19-12(17)15-9-14(20-6-5-7-21-14)8-10(15)11(16)18-4;1-12(2,3)18-11(17)14-8-13(7-9(14)10(15)16)19-5-4-6-20-13;1-12-8(11)7-5-9(6-10-7)13-3-2-4-14-9;1-3-5-4-2;4-2-1-3-5;2-1(3)4;;;;/h2-4,6-7,14H,5,8-12H2,1H3;2*2-6,11-12,16H,7-9H2,1H3;10H,5-9H2,1-4H3;9H,4-8H2,1-3H3,(H,15,16);7,10H,2-6H2,1H3;3-4H2,1-2H3;4-5H,1-3H2;;2*1H;;1H2/q;;;;;;;;;;;+1;/p-1/t14-;11-,12+;11-,12-;10-;9-;7-;;;;;;;/m010000......./s1. The van der Waals surface area contributed by atoms with Crippen LogP contribution in [0.15, 0.2) is 91.0 Å². The van der Waals surface area contributed by atoms with Gasteiger partial charge in [-0.15, -0.1) is 119 Å². The van der Waals surface area contributed by atoms with Crippen molar-refractivity contribution in [2.24, 2.45) is 0 Å². The van der Waals surface area contributed by atoms with Crippen LogP contribution in [0, 0.1) is 0 Å². The van der Waals surface area contributed by atoms with Crippen LogP contribution < -0.4 is 24.2 Å². The first-order valence-corrected chi connectivity index (χ1v) is 52.8. The van der Waals surface area contributed by atoms with Gasteiger partial charge in [0.15, 0.2) is 0 Å². The number of benzene rings is 3. The maximum atomic E-state index is 12.6. The number of methoxy groups -OCH3 is 5. The van der Waals surface area contributed by atoms with Gasteiger partial charge in [0, 0.05) is 71.5 Å². The normalized spacial score (nSPS) is 21.7. The molecule has 4 spiro atoms. The number of thioether (sulfide) groups is 8. The summed E-state index contributed by atoms with van der Waals surface area (Å²) in [6.45, 7) is 19.6. The minimum absolute atomic E-state index is 0. The molecule has 3 aromatic carbocycles. The number of thiol groups is 2. The molecule has 0 aromatic heterocycles. The number of halogens is 5. The zero-order valence-electron chi connectivity index (χ0n) is 80.1. The van der Waals surface area contributed by atoms with Crippen LogP contribution in [-0.2, 0) is 101 Å². The fourth-order valence-electron chi connectivity index (χ4n) is 14.4. The van der Waals surface area contributed by atoms with Gasteiger partial charge in [-0.05, 0) is 168 Å². The van der Waals surface area contributed by atoms with Crippen LogP contribution in [0.1, 0.15) is 143 Å². The number of nitrogens with zero attached hydrogens (tertiary/aromatic N) is 5. The van der Waals surface area contributed by atoms with Gasteiger partial charge < -0.3 is 78.2 Å². The SMILES string of the molecule is CC(C)(C)OC(=O)N1CC2(C[C@H]1C(=O)O)SCCCS2.CCOCC.COC(=O)[C@@H]1CC2(CN1)SCCCS2.COC(=O)[C@@H]1CC2(CN1C(=O)OC(C)(C)C)SCCCS2.COC(=O)[C@@H]1CC2(CN1C(=O)OCc1ccccc1)SCCCS2.COC(=O)[C@@H]1C[C@@H](O)CN1C(=O)OCc1ccccc1.COC(=O)[C@@H]1C[C@H](O)CN1C(=O)OCc1ccccc1.Cl.Cl.FB(F)F.SCCCS.[Li+].[OH-]. The number of aliphatic carboxylic acids is 1. The fourth-order valence-corrected chi connectivity index (χ4v) is 28.3. The molecule has 13 rings (SSSR count). The van der Waals surface area contributed by atoms with Crippen molar-refractivity contribution in [1.29, 1.82) is 0 Å². The van der Waals surface area contributed by atoms with Gasteiger partial charge in [0.1, 0.15) is 67.3 Å². The van der Waals surface area contributed by atoms with E-state index in [0.717, 1.165) is 102 Å². The molecule has 3 aromatic rings. The monoisotopic (exact) mass is 2160 g/mol. The second-order valence-corrected chi connectivity index (χ2v) is 46.8. The Bertz CT molecular complexity index is 3970. The number of carboxylic acid groups (broad SMARTS) is 1. The molecule has 0 saturated carbocycles. The largest absolute Gasteiger partial charge is 1.00 e. The molecule has 772 valence electrons. The van der Waals surface area contributed by atoms with Crippen molar-refractivity contribution in [2.45, 2.75) is 222 Å². The predicted molar refractivity (Wildman–Crippen MR) is 543 cm³/mol. The molecule has 0 unspecified atom stereocenters. The summed E-state index contributed by atoms with van der Waals surface area (Å²) in [6, 6.07) is 24.5. The van der Waals surface area contributed by atoms with E-state index in [1.165, 1.54) is 81.0 Å². The topological polar surface area (TPSA) is 408 Å². The van der Waals surface area contributed by atoms with Crippen molar-refractivity contribution < 1.29 is 157 Å². The molecule has 5 amide bonds. The average Bonchev–Trinajstić information content (AvgIpc) is 1.62. The summed E-state index contributed by atoms with van der Waals surface area (Å²) < 4.78 is 84.0. The van der Waals surface area contributed by atoms with Crippen molar-refractivity contribution in [1.82, 2.24) is 29.8 Å². The molecule has 5 N–H and O–H groups in total. The quantitative estimate of drug-likeness (QED) is 0.0336. The number of hydrogen-bond acceptors (Lipinski definition) is 36. The van der Waals surface area contributed by atoms with Crippen LogP contribution in [0.4, 0.5) is 36.9 Å². The van der Waals surface area contributed by atoms with Gasteiger partial charge in [0.2, 0.25) is 0 Å². The number of likely N-dealkylation sites (tertiary alicyclic amines) is 5. The molecule has 49 heteroatoms. The van der Waals surface area contributed by atoms with Gasteiger partial charge in [-0.3, -0.25) is 42.2 Å². The molecule has 10 aliphatic heterocycles. The molecule has 10 aliphatic rings. The van der Waals surface area contributed by atoms with Gasteiger partial charge in [0.05, 0.1) is 77.2 Å². The van der Waals surface area contributed by atoms with E-state index in [1.54, 1.807) is 54.1 Å². The summed E-state index contributed by atoms with van der Waals surface area (Å²) in [7, 11) is 3.01. The first-order chi connectivity index (χ1) is 63.2. The number of carbonyl (C=O) groups is 11. The third-order valence-electron chi connectivity index (χ3n) is 20.6. The third kappa shape index (κ3) is 45.6. The number of ether oxygens (including phenoxy) is 11. The number of nitrogens with one attached hydrogen (secondary N) is 1. The summed E-state index contributed by atoms with van der Waals surface area (Å²) in [5.41, 5.74) is 1.46. The molecule has 0 bridgehead atoms.